The second kappa shape index (κ2) is 6.09. The molecule has 6 nitrogen and oxygen atoms in total. The van der Waals surface area contributed by atoms with Crippen molar-refractivity contribution in [2.45, 2.75) is 26.2 Å². The first-order valence-electron chi connectivity index (χ1n) is 7.78. The molecular formula is C16H21N3O3S2. The van der Waals surface area contributed by atoms with E-state index in [2.05, 4.69) is 11.9 Å². The van der Waals surface area contributed by atoms with E-state index in [9.17, 15) is 13.0 Å². The molecule has 1 aromatic carbocycles. The van der Waals surface area contributed by atoms with Gasteiger partial charge >= 0.3 is 0 Å². The van der Waals surface area contributed by atoms with Crippen LogP contribution >= 0.6 is 0 Å². The molecule has 0 saturated heterocycles. The van der Waals surface area contributed by atoms with E-state index < -0.39 is 21.2 Å². The van der Waals surface area contributed by atoms with Crippen molar-refractivity contribution in [2.24, 2.45) is 5.92 Å². The number of benzene rings is 1. The molecular weight excluding hydrogens is 346 g/mol. The molecule has 1 saturated carbocycles. The summed E-state index contributed by atoms with van der Waals surface area (Å²) in [5.74, 6) is 1.27. The maximum atomic E-state index is 11.8. The Balaban J connectivity index is 1.91. The summed E-state index contributed by atoms with van der Waals surface area (Å²) in [6.07, 6.45) is 2.07. The van der Waals surface area contributed by atoms with Gasteiger partial charge in [-0.1, -0.05) is 13.0 Å². The summed E-state index contributed by atoms with van der Waals surface area (Å²) in [5, 5.41) is 1.87. The summed E-state index contributed by atoms with van der Waals surface area (Å²) >= 11 is -0.881. The molecule has 3 atom stereocenters. The molecule has 1 fully saturated rings. The second-order valence-corrected chi connectivity index (χ2v) is 9.61. The number of hydrogen-bond acceptors (Lipinski definition) is 5. The van der Waals surface area contributed by atoms with Crippen LogP contribution in [0.3, 0.4) is 0 Å². The van der Waals surface area contributed by atoms with Crippen molar-refractivity contribution >= 4 is 38.2 Å². The largest absolute Gasteiger partial charge is 0.612 e. The molecule has 8 heteroatoms. The molecule has 3 unspecified atom stereocenters. The van der Waals surface area contributed by atoms with Gasteiger partial charge in [-0.3, -0.25) is 0 Å². The van der Waals surface area contributed by atoms with Gasteiger partial charge in [0.25, 0.3) is 0 Å². The summed E-state index contributed by atoms with van der Waals surface area (Å²) in [7, 11) is -3.49. The molecule has 1 aliphatic rings. The van der Waals surface area contributed by atoms with Gasteiger partial charge in [-0.2, -0.15) is 0 Å². The minimum absolute atomic E-state index is 0.0253. The number of fused-ring (bicyclic) bond motifs is 1. The molecule has 1 aliphatic carbocycles. The van der Waals surface area contributed by atoms with E-state index in [0.717, 1.165) is 22.2 Å². The maximum absolute atomic E-state index is 11.8. The molecule has 1 aromatic heterocycles. The van der Waals surface area contributed by atoms with Gasteiger partial charge in [-0.05, 0) is 59.6 Å². The lowest BCUT2D eigenvalue weighted by Crippen LogP contribution is -2.12. The number of rotatable bonds is 5. The van der Waals surface area contributed by atoms with Gasteiger partial charge in [0.1, 0.15) is 11.2 Å². The highest BCUT2D eigenvalue weighted by Crippen LogP contribution is 2.48. The van der Waals surface area contributed by atoms with Crippen LogP contribution in [0.5, 0.6) is 0 Å². The number of anilines is 1. The summed E-state index contributed by atoms with van der Waals surface area (Å²) in [4.78, 5) is 4.18. The number of aromatic nitrogens is 2. The van der Waals surface area contributed by atoms with E-state index in [0.29, 0.717) is 22.7 Å². The molecule has 0 aliphatic heterocycles. The van der Waals surface area contributed by atoms with Gasteiger partial charge in [-0.15, -0.1) is 0 Å². The first kappa shape index (κ1) is 17.3. The van der Waals surface area contributed by atoms with E-state index in [1.54, 1.807) is 6.07 Å². The highest BCUT2D eigenvalue weighted by molar-refractivity contribution is 7.94. The first-order valence-corrected chi connectivity index (χ1v) is 11.0. The molecule has 2 N–H and O–H groups in total. The number of allylic oxidation sites excluding steroid dienone is 1. The van der Waals surface area contributed by atoms with Crippen molar-refractivity contribution in [1.29, 1.82) is 0 Å². The maximum Gasteiger partial charge on any atom is 0.239 e. The molecule has 130 valence electrons. The average Bonchev–Trinajstić information content (AvgIpc) is 3.16. The molecule has 0 amide bonds. The van der Waals surface area contributed by atoms with Crippen LogP contribution in [0.25, 0.3) is 11.0 Å². The van der Waals surface area contributed by atoms with Gasteiger partial charge < -0.3 is 10.3 Å². The highest BCUT2D eigenvalue weighted by atomic mass is 32.2. The van der Waals surface area contributed by atoms with E-state index in [1.165, 1.54) is 5.57 Å². The number of nitrogen functional groups attached to an aromatic ring is 1. The van der Waals surface area contributed by atoms with E-state index in [-0.39, 0.29) is 11.9 Å². The number of imidazole rings is 1. The molecule has 0 spiro atoms. The molecule has 1 heterocycles. The molecule has 3 rings (SSSR count). The minimum atomic E-state index is -3.49. The predicted molar refractivity (Wildman–Crippen MR) is 97.7 cm³/mol. The monoisotopic (exact) mass is 367 g/mol. The number of hydrogen-bond donors (Lipinski definition) is 1. The minimum Gasteiger partial charge on any atom is -0.612 e. The summed E-state index contributed by atoms with van der Waals surface area (Å²) in [6.45, 7) is 4.03. The first-order chi connectivity index (χ1) is 11.2. The predicted octanol–water partition coefficient (Wildman–Crippen LogP) is 2.20. The molecule has 0 radical (unpaired) electrons. The Bertz CT molecular complexity index is 918. The lowest BCUT2D eigenvalue weighted by Gasteiger charge is -2.10. The van der Waals surface area contributed by atoms with E-state index in [1.807, 2.05) is 24.5 Å². The van der Waals surface area contributed by atoms with E-state index in [4.69, 9.17) is 5.73 Å². The Morgan fingerprint density at radius 3 is 2.88 bits per heavy atom. The topological polar surface area (TPSA) is 101 Å². The average molecular weight is 367 g/mol. The fraction of sp³-hybridized carbons (Fsp3) is 0.438. The van der Waals surface area contributed by atoms with Crippen LogP contribution in [-0.2, 0) is 21.2 Å². The summed E-state index contributed by atoms with van der Waals surface area (Å²) in [6, 6.07) is 5.56. The van der Waals surface area contributed by atoms with Crippen LogP contribution in [0.15, 0.2) is 29.2 Å². The lowest BCUT2D eigenvalue weighted by atomic mass is 9.95. The Kier molecular flexibility index (Phi) is 4.39. The van der Waals surface area contributed by atoms with Gasteiger partial charge in [0.05, 0.1) is 17.3 Å². The van der Waals surface area contributed by atoms with E-state index >= 15 is 0 Å². The van der Waals surface area contributed by atoms with Crippen molar-refractivity contribution in [2.75, 3.05) is 17.7 Å². The zero-order valence-electron chi connectivity index (χ0n) is 13.9. The third kappa shape index (κ3) is 3.18. The van der Waals surface area contributed by atoms with Crippen molar-refractivity contribution < 1.29 is 13.0 Å². The second-order valence-electron chi connectivity index (χ2n) is 6.21. The highest BCUT2D eigenvalue weighted by Gasteiger charge is 2.37. The van der Waals surface area contributed by atoms with Crippen LogP contribution in [0.1, 0.15) is 31.7 Å². The van der Waals surface area contributed by atoms with Crippen LogP contribution in [-0.4, -0.2) is 33.9 Å². The van der Waals surface area contributed by atoms with Crippen LogP contribution in [0.4, 0.5) is 5.95 Å². The van der Waals surface area contributed by atoms with Crippen molar-refractivity contribution in [1.82, 2.24) is 8.96 Å². The van der Waals surface area contributed by atoms with Crippen molar-refractivity contribution in [3.8, 4) is 0 Å². The Morgan fingerprint density at radius 1 is 1.54 bits per heavy atom. The van der Waals surface area contributed by atoms with Crippen molar-refractivity contribution in [3.63, 3.8) is 0 Å². The Hall–Kier alpha value is -1.51. The fourth-order valence-electron chi connectivity index (χ4n) is 3.04. The number of nitrogens with two attached hydrogens (primary N) is 1. The third-order valence-electron chi connectivity index (χ3n) is 4.46. The molecule has 2 aromatic rings. The van der Waals surface area contributed by atoms with Crippen LogP contribution < -0.4 is 5.73 Å². The standard InChI is InChI=1S/C16H21N3O3S2/c1-4-23(20)9-12-7-13(12)10(2)11-5-6-15-14(8-11)18-16(17)19(15)24(3,21)22/h5-6,8-10,13H,4,7H2,1-3H3,(H2,17,18)/b12-9-. The summed E-state index contributed by atoms with van der Waals surface area (Å²) in [5.41, 5.74) is 9.14. The van der Waals surface area contributed by atoms with Gasteiger partial charge in [0.15, 0.2) is 0 Å². The Morgan fingerprint density at radius 2 is 2.25 bits per heavy atom. The van der Waals surface area contributed by atoms with Gasteiger partial charge in [-0.25, -0.2) is 17.4 Å². The van der Waals surface area contributed by atoms with Crippen molar-refractivity contribution in [3.05, 3.63) is 34.7 Å². The van der Waals surface area contributed by atoms with Gasteiger partial charge in [0.2, 0.25) is 16.0 Å². The quantitative estimate of drug-likeness (QED) is 0.817. The van der Waals surface area contributed by atoms with Gasteiger partial charge in [0, 0.05) is 0 Å². The molecule has 24 heavy (non-hydrogen) atoms. The summed E-state index contributed by atoms with van der Waals surface area (Å²) < 4.78 is 36.4. The zero-order chi connectivity index (χ0) is 17.6. The van der Waals surface area contributed by atoms with Crippen LogP contribution in [0.2, 0.25) is 0 Å². The third-order valence-corrected chi connectivity index (χ3v) is 6.64. The number of nitrogens with zero attached hydrogens (tertiary/aromatic N) is 2. The smallest absolute Gasteiger partial charge is 0.239 e. The fourth-order valence-corrected chi connectivity index (χ4v) is 4.71. The zero-order valence-corrected chi connectivity index (χ0v) is 15.5. The van der Waals surface area contributed by atoms with Crippen LogP contribution in [0, 0.1) is 5.92 Å². The SMILES string of the molecule is CC[S+]([O-])/C=C1/CC1C(C)c1ccc2c(c1)nc(N)n2S(C)(=O)=O. The Labute approximate surface area is 145 Å². The molecule has 0 bridgehead atoms. The lowest BCUT2D eigenvalue weighted by molar-refractivity contribution is 0.595. The normalized spacial score (nSPS) is 22.0.